The van der Waals surface area contributed by atoms with Gasteiger partial charge in [-0.25, -0.2) is 0 Å². The quantitative estimate of drug-likeness (QED) is 0.571. The van der Waals surface area contributed by atoms with Gasteiger partial charge >= 0.3 is 6.18 Å². The Morgan fingerprint density at radius 2 is 1.78 bits per heavy atom. The van der Waals surface area contributed by atoms with Crippen LogP contribution in [0.4, 0.5) is 13.2 Å². The zero-order chi connectivity index (χ0) is 16.9. The molecule has 23 heavy (non-hydrogen) atoms. The Balaban J connectivity index is 1.99. The molecule has 0 bridgehead atoms. The number of alkyl halides is 3. The van der Waals surface area contributed by atoms with E-state index in [1.807, 2.05) is 0 Å². The van der Waals surface area contributed by atoms with E-state index in [1.165, 1.54) is 42.5 Å². The fourth-order valence-corrected chi connectivity index (χ4v) is 2.12. The molecule has 2 aromatic rings. The fourth-order valence-electron chi connectivity index (χ4n) is 1.59. The van der Waals surface area contributed by atoms with Crippen molar-refractivity contribution in [3.63, 3.8) is 0 Å². The summed E-state index contributed by atoms with van der Waals surface area (Å²) >= 11 is 1.26. The molecule has 0 fully saturated rings. The second-order valence-corrected chi connectivity index (χ2v) is 5.36. The average Bonchev–Trinajstić information content (AvgIpc) is 3.03. The molecule has 0 aliphatic heterocycles. The van der Waals surface area contributed by atoms with Gasteiger partial charge in [0, 0.05) is 5.70 Å². The van der Waals surface area contributed by atoms with E-state index in [9.17, 15) is 13.2 Å². The van der Waals surface area contributed by atoms with Crippen molar-refractivity contribution in [2.45, 2.75) is 11.1 Å². The molecular weight excluding hydrogens is 327 g/mol. The summed E-state index contributed by atoms with van der Waals surface area (Å²) in [5.41, 5.74) is 11.6. The SMILES string of the molecule is N/C(=C\C=C(/N)NSc1ccoc1)c1ccc(C(F)(F)F)cc1. The molecule has 2 rings (SSSR count). The van der Waals surface area contributed by atoms with E-state index in [2.05, 4.69) is 4.72 Å². The number of benzene rings is 1. The third kappa shape index (κ3) is 5.03. The summed E-state index contributed by atoms with van der Waals surface area (Å²) < 4.78 is 45.2. The molecule has 0 aliphatic rings. The third-order valence-electron chi connectivity index (χ3n) is 2.77. The highest BCUT2D eigenvalue weighted by Crippen LogP contribution is 2.29. The van der Waals surface area contributed by atoms with Gasteiger partial charge in [-0.1, -0.05) is 12.1 Å². The number of rotatable bonds is 5. The van der Waals surface area contributed by atoms with Crippen molar-refractivity contribution in [2.24, 2.45) is 11.5 Å². The number of furan rings is 1. The zero-order valence-corrected chi connectivity index (χ0v) is 12.6. The van der Waals surface area contributed by atoms with Crippen molar-refractivity contribution in [1.82, 2.24) is 4.72 Å². The lowest BCUT2D eigenvalue weighted by Crippen LogP contribution is -2.12. The minimum atomic E-state index is -4.37. The van der Waals surface area contributed by atoms with Gasteiger partial charge in [0.2, 0.25) is 0 Å². The predicted octanol–water partition coefficient (Wildman–Crippen LogP) is 3.70. The molecular formula is C15H14F3N3OS. The van der Waals surface area contributed by atoms with Crippen LogP contribution in [-0.2, 0) is 6.18 Å². The van der Waals surface area contributed by atoms with Crippen molar-refractivity contribution >= 4 is 17.6 Å². The summed E-state index contributed by atoms with van der Waals surface area (Å²) in [6, 6.07) is 6.35. The molecule has 0 unspecified atom stereocenters. The summed E-state index contributed by atoms with van der Waals surface area (Å²) in [6.07, 6.45) is 1.76. The Bertz CT molecular complexity index is 692. The van der Waals surface area contributed by atoms with Crippen LogP contribution in [0.2, 0.25) is 0 Å². The number of halogens is 3. The number of nitrogens with one attached hydrogen (secondary N) is 1. The van der Waals surface area contributed by atoms with Gasteiger partial charge in [0.05, 0.1) is 16.7 Å². The highest BCUT2D eigenvalue weighted by Gasteiger charge is 2.29. The molecule has 122 valence electrons. The first-order valence-corrected chi connectivity index (χ1v) is 7.23. The summed E-state index contributed by atoms with van der Waals surface area (Å²) in [5.74, 6) is 0.339. The van der Waals surface area contributed by atoms with Crippen LogP contribution in [0.3, 0.4) is 0 Å². The summed E-state index contributed by atoms with van der Waals surface area (Å²) in [4.78, 5) is 0.848. The van der Waals surface area contributed by atoms with Crippen LogP contribution in [-0.4, -0.2) is 0 Å². The molecule has 8 heteroatoms. The summed E-state index contributed by atoms with van der Waals surface area (Å²) in [5, 5.41) is 0. The molecule has 0 saturated heterocycles. The molecule has 5 N–H and O–H groups in total. The first-order valence-electron chi connectivity index (χ1n) is 6.42. The smallest absolute Gasteiger partial charge is 0.416 e. The number of allylic oxidation sites excluding steroid dienone is 2. The van der Waals surface area contributed by atoms with Crippen LogP contribution in [0.15, 0.2) is 70.1 Å². The Morgan fingerprint density at radius 1 is 1.09 bits per heavy atom. The molecule has 0 amide bonds. The van der Waals surface area contributed by atoms with E-state index in [4.69, 9.17) is 15.9 Å². The first-order chi connectivity index (χ1) is 10.9. The van der Waals surface area contributed by atoms with Crippen LogP contribution in [0, 0.1) is 0 Å². The lowest BCUT2D eigenvalue weighted by Gasteiger charge is -2.07. The van der Waals surface area contributed by atoms with Crippen LogP contribution in [0.1, 0.15) is 11.1 Å². The highest BCUT2D eigenvalue weighted by atomic mass is 32.2. The topological polar surface area (TPSA) is 77.2 Å². The monoisotopic (exact) mass is 341 g/mol. The van der Waals surface area contributed by atoms with Gasteiger partial charge in [-0.15, -0.1) is 0 Å². The number of nitrogens with two attached hydrogens (primary N) is 2. The average molecular weight is 341 g/mol. The molecule has 0 spiro atoms. The van der Waals surface area contributed by atoms with Crippen LogP contribution < -0.4 is 16.2 Å². The zero-order valence-electron chi connectivity index (χ0n) is 11.8. The maximum atomic E-state index is 12.5. The molecule has 1 heterocycles. The Labute approximate surface area is 135 Å². The van der Waals surface area contributed by atoms with Gasteiger partial charge in [-0.05, 0) is 47.9 Å². The van der Waals surface area contributed by atoms with Gasteiger partial charge in [-0.2, -0.15) is 13.2 Å². The maximum Gasteiger partial charge on any atom is 0.416 e. The van der Waals surface area contributed by atoms with Crippen molar-refractivity contribution in [3.05, 3.63) is 72.0 Å². The molecule has 1 aromatic carbocycles. The largest absolute Gasteiger partial charge is 0.471 e. The highest BCUT2D eigenvalue weighted by molar-refractivity contribution is 7.97. The third-order valence-corrected chi connectivity index (χ3v) is 3.58. The molecule has 0 aliphatic carbocycles. The van der Waals surface area contributed by atoms with Crippen LogP contribution >= 0.6 is 11.9 Å². The van der Waals surface area contributed by atoms with Gasteiger partial charge in [0.25, 0.3) is 0 Å². The number of hydrogen-bond acceptors (Lipinski definition) is 5. The molecule has 4 nitrogen and oxygen atoms in total. The Kier molecular flexibility index (Phi) is 5.28. The first kappa shape index (κ1) is 16.9. The second-order valence-electron chi connectivity index (χ2n) is 4.48. The standard InChI is InChI=1S/C15H14F3N3OS/c16-15(17,18)11-3-1-10(2-4-11)13(19)5-6-14(20)21-23-12-7-8-22-9-12/h1-9,21H,19-20H2/b13-5-,14-6+. The lowest BCUT2D eigenvalue weighted by atomic mass is 10.1. The van der Waals surface area contributed by atoms with E-state index in [1.54, 1.807) is 12.3 Å². The molecule has 0 radical (unpaired) electrons. The van der Waals surface area contributed by atoms with Crippen molar-refractivity contribution in [3.8, 4) is 0 Å². The van der Waals surface area contributed by atoms with E-state index in [-0.39, 0.29) is 0 Å². The Morgan fingerprint density at radius 3 is 2.35 bits per heavy atom. The van der Waals surface area contributed by atoms with Crippen molar-refractivity contribution < 1.29 is 17.6 Å². The maximum absolute atomic E-state index is 12.5. The fraction of sp³-hybridized carbons (Fsp3) is 0.0667. The van der Waals surface area contributed by atoms with E-state index in [0.717, 1.165) is 17.0 Å². The van der Waals surface area contributed by atoms with Crippen molar-refractivity contribution in [2.75, 3.05) is 0 Å². The lowest BCUT2D eigenvalue weighted by molar-refractivity contribution is -0.137. The van der Waals surface area contributed by atoms with Crippen molar-refractivity contribution in [1.29, 1.82) is 0 Å². The second kappa shape index (κ2) is 7.19. The molecule has 0 atom stereocenters. The number of hydrogen-bond donors (Lipinski definition) is 3. The normalized spacial score (nSPS) is 13.2. The van der Waals surface area contributed by atoms with Gasteiger partial charge in [0.1, 0.15) is 12.1 Å². The summed E-state index contributed by atoms with van der Waals surface area (Å²) in [6.45, 7) is 0. The van der Waals surface area contributed by atoms with Crippen LogP contribution in [0.25, 0.3) is 5.70 Å². The predicted molar refractivity (Wildman–Crippen MR) is 83.6 cm³/mol. The van der Waals surface area contributed by atoms with Crippen LogP contribution in [0.5, 0.6) is 0 Å². The van der Waals surface area contributed by atoms with Gasteiger partial charge in [-0.3, -0.25) is 0 Å². The Hall–Kier alpha value is -2.48. The minimum Gasteiger partial charge on any atom is -0.471 e. The summed E-state index contributed by atoms with van der Waals surface area (Å²) in [7, 11) is 0. The molecule has 0 saturated carbocycles. The van der Waals surface area contributed by atoms with E-state index < -0.39 is 11.7 Å². The van der Waals surface area contributed by atoms with E-state index >= 15 is 0 Å². The molecule has 1 aromatic heterocycles. The van der Waals surface area contributed by atoms with Gasteiger partial charge < -0.3 is 20.6 Å². The van der Waals surface area contributed by atoms with Gasteiger partial charge in [0.15, 0.2) is 0 Å². The van der Waals surface area contributed by atoms with E-state index in [0.29, 0.717) is 17.1 Å². The minimum absolute atomic E-state index is 0.303.